The smallest absolute Gasteiger partial charge is 0.326 e. The van der Waals surface area contributed by atoms with Crippen molar-refractivity contribution in [1.82, 2.24) is 5.32 Å². The lowest BCUT2D eigenvalue weighted by Gasteiger charge is -2.14. The van der Waals surface area contributed by atoms with Crippen molar-refractivity contribution < 1.29 is 19.4 Å². The molecule has 1 amide bonds. The SMILES string of the molecule is O=C(COc1cccc2ccccc12)NC(C(=O)O)C1CC1. The van der Waals surface area contributed by atoms with E-state index in [2.05, 4.69) is 5.32 Å². The zero-order valence-electron chi connectivity index (χ0n) is 12.0. The first-order chi connectivity index (χ1) is 10.6. The molecule has 1 saturated carbocycles. The van der Waals surface area contributed by atoms with Gasteiger partial charge in [-0.1, -0.05) is 36.4 Å². The number of hydrogen-bond donors (Lipinski definition) is 2. The van der Waals surface area contributed by atoms with Crippen LogP contribution in [0.1, 0.15) is 12.8 Å². The van der Waals surface area contributed by atoms with E-state index < -0.39 is 17.9 Å². The van der Waals surface area contributed by atoms with Crippen LogP contribution in [-0.4, -0.2) is 29.6 Å². The van der Waals surface area contributed by atoms with E-state index in [0.29, 0.717) is 5.75 Å². The summed E-state index contributed by atoms with van der Waals surface area (Å²) < 4.78 is 5.56. The molecule has 2 aromatic rings. The molecule has 0 aromatic heterocycles. The second-order valence-electron chi connectivity index (χ2n) is 5.49. The van der Waals surface area contributed by atoms with Crippen LogP contribution in [0.15, 0.2) is 42.5 Å². The highest BCUT2D eigenvalue weighted by molar-refractivity contribution is 5.89. The quantitative estimate of drug-likeness (QED) is 0.857. The van der Waals surface area contributed by atoms with Crippen LogP contribution in [0.4, 0.5) is 0 Å². The topological polar surface area (TPSA) is 75.6 Å². The maximum absolute atomic E-state index is 11.9. The normalized spacial score (nSPS) is 15.3. The van der Waals surface area contributed by atoms with Crippen molar-refractivity contribution in [2.75, 3.05) is 6.61 Å². The Kier molecular flexibility index (Phi) is 3.96. The van der Waals surface area contributed by atoms with E-state index in [1.807, 2.05) is 36.4 Å². The van der Waals surface area contributed by atoms with Crippen molar-refractivity contribution in [2.45, 2.75) is 18.9 Å². The summed E-state index contributed by atoms with van der Waals surface area (Å²) >= 11 is 0. The Morgan fingerprint density at radius 3 is 2.64 bits per heavy atom. The largest absolute Gasteiger partial charge is 0.483 e. The third kappa shape index (κ3) is 3.19. The van der Waals surface area contributed by atoms with Gasteiger partial charge in [-0.25, -0.2) is 4.79 Å². The number of rotatable bonds is 6. The highest BCUT2D eigenvalue weighted by atomic mass is 16.5. The molecule has 0 spiro atoms. The number of nitrogens with one attached hydrogen (secondary N) is 1. The summed E-state index contributed by atoms with van der Waals surface area (Å²) in [5.41, 5.74) is 0. The maximum atomic E-state index is 11.9. The molecular formula is C17H17NO4. The van der Waals surface area contributed by atoms with Crippen LogP contribution in [0.5, 0.6) is 5.75 Å². The molecular weight excluding hydrogens is 282 g/mol. The number of amides is 1. The minimum absolute atomic E-state index is 0.0546. The van der Waals surface area contributed by atoms with Crippen molar-refractivity contribution in [2.24, 2.45) is 5.92 Å². The predicted octanol–water partition coefficient (Wildman–Crippen LogP) is 2.20. The third-order valence-corrected chi connectivity index (χ3v) is 3.78. The van der Waals surface area contributed by atoms with E-state index in [4.69, 9.17) is 9.84 Å². The van der Waals surface area contributed by atoms with Gasteiger partial charge in [-0.3, -0.25) is 4.79 Å². The number of fused-ring (bicyclic) bond motifs is 1. The van der Waals surface area contributed by atoms with Gasteiger partial charge in [-0.05, 0) is 30.2 Å². The molecule has 0 heterocycles. The zero-order valence-corrected chi connectivity index (χ0v) is 12.0. The molecule has 5 nitrogen and oxygen atoms in total. The molecule has 1 atom stereocenters. The lowest BCUT2D eigenvalue weighted by molar-refractivity contribution is -0.142. The molecule has 22 heavy (non-hydrogen) atoms. The molecule has 1 aliphatic rings. The van der Waals surface area contributed by atoms with Gasteiger partial charge >= 0.3 is 5.97 Å². The van der Waals surface area contributed by atoms with Crippen molar-refractivity contribution in [3.63, 3.8) is 0 Å². The molecule has 1 fully saturated rings. The Morgan fingerprint density at radius 2 is 1.91 bits per heavy atom. The second-order valence-corrected chi connectivity index (χ2v) is 5.49. The van der Waals surface area contributed by atoms with E-state index in [-0.39, 0.29) is 12.5 Å². The first-order valence-corrected chi connectivity index (χ1v) is 7.28. The van der Waals surface area contributed by atoms with Gasteiger partial charge in [0.05, 0.1) is 0 Å². The Bertz CT molecular complexity index is 703. The summed E-state index contributed by atoms with van der Waals surface area (Å²) in [5, 5.41) is 13.6. The second kappa shape index (κ2) is 6.05. The van der Waals surface area contributed by atoms with Crippen molar-refractivity contribution in [1.29, 1.82) is 0 Å². The van der Waals surface area contributed by atoms with Crippen LogP contribution in [-0.2, 0) is 9.59 Å². The number of carbonyl (C=O) groups excluding carboxylic acids is 1. The standard InChI is InChI=1S/C17H17NO4/c19-15(18-16(17(20)21)12-8-9-12)10-22-14-7-3-5-11-4-1-2-6-13(11)14/h1-7,12,16H,8-10H2,(H,18,19)(H,20,21). The van der Waals surface area contributed by atoms with Crippen LogP contribution in [0.3, 0.4) is 0 Å². The van der Waals surface area contributed by atoms with Gasteiger partial charge in [0, 0.05) is 5.39 Å². The lowest BCUT2D eigenvalue weighted by Crippen LogP contribution is -2.44. The van der Waals surface area contributed by atoms with Gasteiger partial charge in [0.1, 0.15) is 11.8 Å². The Labute approximate surface area is 127 Å². The van der Waals surface area contributed by atoms with Crippen molar-refractivity contribution in [3.8, 4) is 5.75 Å². The lowest BCUT2D eigenvalue weighted by atomic mass is 10.1. The fourth-order valence-electron chi connectivity index (χ4n) is 2.49. The van der Waals surface area contributed by atoms with Crippen molar-refractivity contribution in [3.05, 3.63) is 42.5 Å². The van der Waals surface area contributed by atoms with Crippen LogP contribution >= 0.6 is 0 Å². The number of carbonyl (C=O) groups is 2. The van der Waals surface area contributed by atoms with E-state index in [1.54, 1.807) is 6.07 Å². The molecule has 0 bridgehead atoms. The summed E-state index contributed by atoms with van der Waals surface area (Å²) in [6.45, 7) is -0.190. The molecule has 2 aromatic carbocycles. The highest BCUT2D eigenvalue weighted by Crippen LogP contribution is 2.32. The summed E-state index contributed by atoms with van der Waals surface area (Å²) in [4.78, 5) is 23.0. The van der Waals surface area contributed by atoms with Crippen molar-refractivity contribution >= 4 is 22.6 Å². The van der Waals surface area contributed by atoms with Crippen LogP contribution in [0, 0.1) is 5.92 Å². The fourth-order valence-corrected chi connectivity index (χ4v) is 2.49. The molecule has 114 valence electrons. The molecule has 5 heteroatoms. The summed E-state index contributed by atoms with van der Waals surface area (Å²) in [5.74, 6) is -0.723. The molecule has 1 aliphatic carbocycles. The number of benzene rings is 2. The average Bonchev–Trinajstić information content (AvgIpc) is 3.35. The molecule has 1 unspecified atom stereocenters. The molecule has 0 radical (unpaired) electrons. The first kappa shape index (κ1) is 14.4. The minimum atomic E-state index is -0.985. The molecule has 3 rings (SSSR count). The predicted molar refractivity (Wildman–Crippen MR) is 81.7 cm³/mol. The number of carboxylic acids is 1. The van der Waals surface area contributed by atoms with E-state index in [9.17, 15) is 9.59 Å². The Balaban J connectivity index is 1.63. The van der Waals surface area contributed by atoms with Gasteiger partial charge in [-0.15, -0.1) is 0 Å². The summed E-state index contributed by atoms with van der Waals surface area (Å²) in [6.07, 6.45) is 1.70. The fraction of sp³-hybridized carbons (Fsp3) is 0.294. The van der Waals surface area contributed by atoms with Gasteiger partial charge in [0.25, 0.3) is 5.91 Å². The number of ether oxygens (including phenoxy) is 1. The van der Waals surface area contributed by atoms with Gasteiger partial charge in [0.15, 0.2) is 6.61 Å². The number of carboxylic acid groups (broad SMARTS) is 1. The Hall–Kier alpha value is -2.56. The summed E-state index contributed by atoms with van der Waals surface area (Å²) in [7, 11) is 0. The van der Waals surface area contributed by atoms with E-state index in [0.717, 1.165) is 23.6 Å². The molecule has 2 N–H and O–H groups in total. The van der Waals surface area contributed by atoms with Gasteiger partial charge in [-0.2, -0.15) is 0 Å². The maximum Gasteiger partial charge on any atom is 0.326 e. The van der Waals surface area contributed by atoms with Crippen LogP contribution in [0.25, 0.3) is 10.8 Å². The Morgan fingerprint density at radius 1 is 1.18 bits per heavy atom. The van der Waals surface area contributed by atoms with E-state index >= 15 is 0 Å². The molecule has 0 aliphatic heterocycles. The number of aliphatic carboxylic acids is 1. The highest BCUT2D eigenvalue weighted by Gasteiger charge is 2.37. The number of hydrogen-bond acceptors (Lipinski definition) is 3. The minimum Gasteiger partial charge on any atom is -0.483 e. The third-order valence-electron chi connectivity index (χ3n) is 3.78. The van der Waals surface area contributed by atoms with Crippen LogP contribution < -0.4 is 10.1 Å². The zero-order chi connectivity index (χ0) is 15.5. The van der Waals surface area contributed by atoms with E-state index in [1.165, 1.54) is 0 Å². The van der Waals surface area contributed by atoms with Crippen LogP contribution in [0.2, 0.25) is 0 Å². The van der Waals surface area contributed by atoms with Gasteiger partial charge in [0.2, 0.25) is 0 Å². The first-order valence-electron chi connectivity index (χ1n) is 7.28. The molecule has 0 saturated heterocycles. The average molecular weight is 299 g/mol. The summed E-state index contributed by atoms with van der Waals surface area (Å²) in [6, 6.07) is 12.6. The van der Waals surface area contributed by atoms with Gasteiger partial charge < -0.3 is 15.2 Å². The monoisotopic (exact) mass is 299 g/mol.